The van der Waals surface area contributed by atoms with Crippen LogP contribution in [0.25, 0.3) is 10.2 Å². The lowest BCUT2D eigenvalue weighted by Crippen LogP contribution is -2.27. The number of rotatable bonds is 5. The van der Waals surface area contributed by atoms with Gasteiger partial charge in [0.05, 0.1) is 16.3 Å². The number of benzene rings is 1. The Labute approximate surface area is 140 Å². The summed E-state index contributed by atoms with van der Waals surface area (Å²) in [5, 5.41) is 3.01. The monoisotopic (exact) mass is 326 g/mol. The van der Waals surface area contributed by atoms with Gasteiger partial charge < -0.3 is 9.88 Å². The van der Waals surface area contributed by atoms with Crippen LogP contribution in [0.5, 0.6) is 0 Å². The van der Waals surface area contributed by atoms with Gasteiger partial charge >= 0.3 is 0 Å². The van der Waals surface area contributed by atoms with E-state index in [0.29, 0.717) is 6.54 Å². The van der Waals surface area contributed by atoms with Crippen LogP contribution in [-0.4, -0.2) is 17.0 Å². The van der Waals surface area contributed by atoms with E-state index in [9.17, 15) is 4.79 Å². The fraction of sp³-hybridized carbons (Fsp3) is 0.316. The molecule has 3 rings (SSSR count). The maximum atomic E-state index is 12.6. The fourth-order valence-electron chi connectivity index (χ4n) is 2.94. The van der Waals surface area contributed by atoms with Gasteiger partial charge in [-0.05, 0) is 38.0 Å². The highest BCUT2D eigenvalue weighted by Gasteiger charge is 2.21. The van der Waals surface area contributed by atoms with E-state index in [4.69, 9.17) is 0 Å². The minimum atomic E-state index is 0.00989. The molecule has 0 aliphatic heterocycles. The molecule has 0 fully saturated rings. The largest absolute Gasteiger partial charge is 0.351 e. The second kappa shape index (κ2) is 6.59. The Morgan fingerprint density at radius 3 is 2.70 bits per heavy atom. The lowest BCUT2D eigenvalue weighted by atomic mass is 10.1. The zero-order valence-electron chi connectivity index (χ0n) is 13.8. The van der Waals surface area contributed by atoms with Gasteiger partial charge in [0.25, 0.3) is 5.91 Å². The molecule has 23 heavy (non-hydrogen) atoms. The normalized spacial score (nSPS) is 12.5. The average Bonchev–Trinajstić information content (AvgIpc) is 3.08. The number of aromatic nitrogens is 1. The molecular weight excluding hydrogens is 304 g/mol. The minimum absolute atomic E-state index is 0.00989. The predicted octanol–water partition coefficient (Wildman–Crippen LogP) is 4.76. The van der Waals surface area contributed by atoms with E-state index in [0.717, 1.165) is 17.6 Å². The Bertz CT molecular complexity index is 817. The molecule has 0 radical (unpaired) electrons. The number of carbonyl (C=O) groups excluding carboxylic acids is 1. The van der Waals surface area contributed by atoms with Crippen LogP contribution in [0.4, 0.5) is 0 Å². The molecule has 3 aromatic rings. The number of hydrogen-bond acceptors (Lipinski definition) is 2. The van der Waals surface area contributed by atoms with Crippen molar-refractivity contribution in [2.24, 2.45) is 0 Å². The van der Waals surface area contributed by atoms with Crippen LogP contribution < -0.4 is 5.32 Å². The molecule has 0 aliphatic carbocycles. The number of thiophene rings is 1. The van der Waals surface area contributed by atoms with Crippen molar-refractivity contribution in [2.45, 2.75) is 33.2 Å². The first-order valence-electron chi connectivity index (χ1n) is 8.06. The van der Waals surface area contributed by atoms with Crippen molar-refractivity contribution in [2.75, 3.05) is 6.54 Å². The van der Waals surface area contributed by atoms with E-state index < -0.39 is 0 Å². The van der Waals surface area contributed by atoms with E-state index in [2.05, 4.69) is 48.9 Å². The SMILES string of the molecule is CCCNC(=O)c1cc2sc(C)cc2n1C(C)c1ccccc1. The molecule has 0 spiro atoms. The van der Waals surface area contributed by atoms with Crippen LogP contribution in [0.1, 0.15) is 47.2 Å². The molecule has 1 N–H and O–H groups in total. The summed E-state index contributed by atoms with van der Waals surface area (Å²) in [6.45, 7) is 7.03. The van der Waals surface area contributed by atoms with Gasteiger partial charge in [0.2, 0.25) is 0 Å². The molecule has 120 valence electrons. The van der Waals surface area contributed by atoms with Crippen molar-refractivity contribution in [1.82, 2.24) is 9.88 Å². The number of nitrogens with zero attached hydrogens (tertiary/aromatic N) is 1. The number of fused-ring (bicyclic) bond motifs is 1. The summed E-state index contributed by atoms with van der Waals surface area (Å²) < 4.78 is 3.34. The van der Waals surface area contributed by atoms with Gasteiger partial charge in [-0.2, -0.15) is 0 Å². The van der Waals surface area contributed by atoms with Gasteiger partial charge in [-0.3, -0.25) is 4.79 Å². The van der Waals surface area contributed by atoms with Gasteiger partial charge in [-0.25, -0.2) is 0 Å². The van der Waals surface area contributed by atoms with Gasteiger partial charge in [-0.15, -0.1) is 11.3 Å². The molecule has 4 heteroatoms. The Morgan fingerprint density at radius 2 is 2.00 bits per heavy atom. The highest BCUT2D eigenvalue weighted by molar-refractivity contribution is 7.19. The molecular formula is C19H22N2OS. The quantitative estimate of drug-likeness (QED) is 0.720. The first-order valence-corrected chi connectivity index (χ1v) is 8.88. The topological polar surface area (TPSA) is 34.0 Å². The molecule has 0 bridgehead atoms. The zero-order valence-corrected chi connectivity index (χ0v) is 14.6. The zero-order chi connectivity index (χ0) is 16.4. The van der Waals surface area contributed by atoms with E-state index >= 15 is 0 Å². The van der Waals surface area contributed by atoms with Crippen LogP contribution >= 0.6 is 11.3 Å². The fourth-order valence-corrected chi connectivity index (χ4v) is 3.89. The van der Waals surface area contributed by atoms with Gasteiger partial charge in [-0.1, -0.05) is 37.3 Å². The van der Waals surface area contributed by atoms with Gasteiger partial charge in [0.1, 0.15) is 5.69 Å². The van der Waals surface area contributed by atoms with Gasteiger partial charge in [0, 0.05) is 11.4 Å². The lowest BCUT2D eigenvalue weighted by molar-refractivity contribution is 0.0944. The van der Waals surface area contributed by atoms with Crippen molar-refractivity contribution in [1.29, 1.82) is 0 Å². The maximum absolute atomic E-state index is 12.6. The molecule has 0 saturated heterocycles. The molecule has 1 unspecified atom stereocenters. The van der Waals surface area contributed by atoms with Crippen molar-refractivity contribution in [3.05, 3.63) is 58.6 Å². The van der Waals surface area contributed by atoms with Crippen LogP contribution in [0.3, 0.4) is 0 Å². The van der Waals surface area contributed by atoms with E-state index in [-0.39, 0.29) is 11.9 Å². The first-order chi connectivity index (χ1) is 11.1. The Hall–Kier alpha value is -2.07. The highest BCUT2D eigenvalue weighted by Crippen LogP contribution is 2.33. The van der Waals surface area contributed by atoms with Gasteiger partial charge in [0.15, 0.2) is 0 Å². The number of hydrogen-bond donors (Lipinski definition) is 1. The number of aryl methyl sites for hydroxylation is 1. The van der Waals surface area contributed by atoms with Crippen molar-refractivity contribution in [3.63, 3.8) is 0 Å². The molecule has 3 nitrogen and oxygen atoms in total. The molecule has 2 aromatic heterocycles. The van der Waals surface area contributed by atoms with E-state index in [1.165, 1.54) is 15.1 Å². The molecule has 2 heterocycles. The minimum Gasteiger partial charge on any atom is -0.351 e. The summed E-state index contributed by atoms with van der Waals surface area (Å²) >= 11 is 1.74. The summed E-state index contributed by atoms with van der Waals surface area (Å²) in [6, 6.07) is 14.7. The third kappa shape index (κ3) is 3.04. The average molecular weight is 326 g/mol. The van der Waals surface area contributed by atoms with Crippen LogP contribution in [0.2, 0.25) is 0 Å². The number of nitrogens with one attached hydrogen (secondary N) is 1. The standard InChI is InChI=1S/C19H22N2OS/c1-4-10-20-19(22)17-12-18-16(11-13(2)23-18)21(17)14(3)15-8-6-5-7-9-15/h5-9,11-12,14H,4,10H2,1-3H3,(H,20,22). The first kappa shape index (κ1) is 15.8. The smallest absolute Gasteiger partial charge is 0.267 e. The lowest BCUT2D eigenvalue weighted by Gasteiger charge is -2.19. The molecule has 1 atom stereocenters. The van der Waals surface area contributed by atoms with Crippen molar-refractivity contribution < 1.29 is 4.79 Å². The summed E-state index contributed by atoms with van der Waals surface area (Å²) in [5.41, 5.74) is 3.10. The van der Waals surface area contributed by atoms with Crippen molar-refractivity contribution in [3.8, 4) is 0 Å². The molecule has 0 aliphatic rings. The summed E-state index contributed by atoms with van der Waals surface area (Å²) in [5.74, 6) is 0.00989. The summed E-state index contributed by atoms with van der Waals surface area (Å²) in [6.07, 6.45) is 0.939. The predicted molar refractivity (Wildman–Crippen MR) is 97.4 cm³/mol. The van der Waals surface area contributed by atoms with Crippen LogP contribution in [0, 0.1) is 6.92 Å². The Balaban J connectivity index is 2.10. The number of carbonyl (C=O) groups is 1. The maximum Gasteiger partial charge on any atom is 0.267 e. The highest BCUT2D eigenvalue weighted by atomic mass is 32.1. The molecule has 1 amide bonds. The Morgan fingerprint density at radius 1 is 1.26 bits per heavy atom. The third-order valence-electron chi connectivity index (χ3n) is 4.09. The molecule has 0 saturated carbocycles. The summed E-state index contributed by atoms with van der Waals surface area (Å²) in [4.78, 5) is 13.9. The van der Waals surface area contributed by atoms with Crippen LogP contribution in [-0.2, 0) is 0 Å². The van der Waals surface area contributed by atoms with E-state index in [1.807, 2.05) is 24.3 Å². The van der Waals surface area contributed by atoms with Crippen molar-refractivity contribution >= 4 is 27.5 Å². The summed E-state index contributed by atoms with van der Waals surface area (Å²) in [7, 11) is 0. The Kier molecular flexibility index (Phi) is 4.53. The number of amides is 1. The third-order valence-corrected chi connectivity index (χ3v) is 5.07. The second-order valence-electron chi connectivity index (χ2n) is 5.85. The van der Waals surface area contributed by atoms with E-state index in [1.54, 1.807) is 11.3 Å². The molecule has 1 aromatic carbocycles. The second-order valence-corrected chi connectivity index (χ2v) is 7.14. The van der Waals surface area contributed by atoms with Crippen LogP contribution in [0.15, 0.2) is 42.5 Å².